The largest absolute Gasteiger partial charge is 0.478 e. The predicted molar refractivity (Wildman–Crippen MR) is 69.7 cm³/mol. The number of pyridine rings is 1. The Morgan fingerprint density at radius 3 is 2.84 bits per heavy atom. The molecule has 0 aromatic carbocycles. The van der Waals surface area contributed by atoms with E-state index in [0.29, 0.717) is 24.4 Å². The number of carboxylic acids is 1. The Morgan fingerprint density at radius 1 is 1.47 bits per heavy atom. The van der Waals surface area contributed by atoms with Crippen molar-refractivity contribution in [2.45, 2.75) is 6.42 Å². The molecule has 1 aromatic rings. The smallest absolute Gasteiger partial charge is 0.328 e. The summed E-state index contributed by atoms with van der Waals surface area (Å²) in [7, 11) is 1.60. The van der Waals surface area contributed by atoms with Crippen LogP contribution in [0.3, 0.4) is 0 Å². The minimum absolute atomic E-state index is 0.259. The van der Waals surface area contributed by atoms with Crippen molar-refractivity contribution in [3.63, 3.8) is 0 Å². The van der Waals surface area contributed by atoms with Crippen LogP contribution in [0.4, 0.5) is 0 Å². The Hall–Kier alpha value is -2.21. The lowest BCUT2D eigenvalue weighted by Gasteiger charge is -2.04. The second kappa shape index (κ2) is 7.99. The molecule has 0 unspecified atom stereocenters. The molecule has 0 saturated heterocycles. The van der Waals surface area contributed by atoms with Crippen molar-refractivity contribution in [3.05, 3.63) is 35.7 Å². The lowest BCUT2D eigenvalue weighted by atomic mass is 10.2. The van der Waals surface area contributed by atoms with Gasteiger partial charge < -0.3 is 15.2 Å². The average molecular weight is 264 g/mol. The number of nitrogens with one attached hydrogen (secondary N) is 1. The van der Waals surface area contributed by atoms with E-state index >= 15 is 0 Å². The molecule has 19 heavy (non-hydrogen) atoms. The third-order valence-electron chi connectivity index (χ3n) is 2.25. The standard InChI is InChI=1S/C13H16N2O4/c1-19-8-2-7-14-13(18)11-5-3-10(9-15-11)4-6-12(16)17/h3-6,9H,2,7-8H2,1H3,(H,14,18)(H,16,17). The molecule has 2 N–H and O–H groups in total. The van der Waals surface area contributed by atoms with Crippen LogP contribution in [0.15, 0.2) is 24.4 Å². The Balaban J connectivity index is 2.51. The molecule has 0 spiro atoms. The number of aliphatic carboxylic acids is 1. The number of carbonyl (C=O) groups is 2. The number of ether oxygens (including phenoxy) is 1. The highest BCUT2D eigenvalue weighted by atomic mass is 16.5. The maximum absolute atomic E-state index is 11.7. The van der Waals surface area contributed by atoms with Gasteiger partial charge in [0.25, 0.3) is 5.91 Å². The highest BCUT2D eigenvalue weighted by Crippen LogP contribution is 2.02. The molecule has 0 aliphatic heterocycles. The van der Waals surface area contributed by atoms with Gasteiger partial charge in [0.1, 0.15) is 5.69 Å². The highest BCUT2D eigenvalue weighted by Gasteiger charge is 2.05. The fourth-order valence-corrected chi connectivity index (χ4v) is 1.31. The molecule has 0 bridgehead atoms. The first-order valence-corrected chi connectivity index (χ1v) is 5.77. The van der Waals surface area contributed by atoms with Gasteiger partial charge in [0.2, 0.25) is 0 Å². The molecule has 6 nitrogen and oxygen atoms in total. The van der Waals surface area contributed by atoms with Crippen LogP contribution in [-0.2, 0) is 9.53 Å². The third-order valence-corrected chi connectivity index (χ3v) is 2.25. The van der Waals surface area contributed by atoms with Crippen LogP contribution >= 0.6 is 0 Å². The monoisotopic (exact) mass is 264 g/mol. The van der Waals surface area contributed by atoms with Gasteiger partial charge in [0, 0.05) is 32.5 Å². The molecule has 0 aliphatic carbocycles. The van der Waals surface area contributed by atoms with Crippen molar-refractivity contribution in [2.75, 3.05) is 20.3 Å². The van der Waals surface area contributed by atoms with Crippen molar-refractivity contribution >= 4 is 18.0 Å². The van der Waals surface area contributed by atoms with E-state index in [1.54, 1.807) is 19.2 Å². The molecule has 0 radical (unpaired) electrons. The van der Waals surface area contributed by atoms with Crippen molar-refractivity contribution in [1.29, 1.82) is 0 Å². The normalized spacial score (nSPS) is 10.6. The number of hydrogen-bond acceptors (Lipinski definition) is 4. The lowest BCUT2D eigenvalue weighted by molar-refractivity contribution is -0.131. The van der Waals surface area contributed by atoms with Crippen LogP contribution in [0.2, 0.25) is 0 Å². The molecule has 0 fully saturated rings. The number of aromatic nitrogens is 1. The summed E-state index contributed by atoms with van der Waals surface area (Å²) in [5, 5.41) is 11.2. The molecule has 6 heteroatoms. The van der Waals surface area contributed by atoms with Gasteiger partial charge >= 0.3 is 5.97 Å². The van der Waals surface area contributed by atoms with Gasteiger partial charge in [-0.15, -0.1) is 0 Å². The zero-order valence-corrected chi connectivity index (χ0v) is 10.6. The van der Waals surface area contributed by atoms with E-state index in [0.717, 1.165) is 12.5 Å². The molecule has 1 rings (SSSR count). The van der Waals surface area contributed by atoms with Crippen molar-refractivity contribution in [3.8, 4) is 0 Å². The van der Waals surface area contributed by atoms with Gasteiger partial charge in [-0.2, -0.15) is 0 Å². The van der Waals surface area contributed by atoms with Crippen molar-refractivity contribution in [2.24, 2.45) is 0 Å². The van der Waals surface area contributed by atoms with Crippen LogP contribution in [0, 0.1) is 0 Å². The van der Waals surface area contributed by atoms with E-state index in [2.05, 4.69) is 10.3 Å². The van der Waals surface area contributed by atoms with E-state index < -0.39 is 5.97 Å². The topological polar surface area (TPSA) is 88.5 Å². The van der Waals surface area contributed by atoms with E-state index in [1.807, 2.05) is 0 Å². The molecular weight excluding hydrogens is 248 g/mol. The second-order valence-electron chi connectivity index (χ2n) is 3.75. The molecule has 1 amide bonds. The van der Waals surface area contributed by atoms with Gasteiger partial charge in [-0.25, -0.2) is 4.79 Å². The average Bonchev–Trinajstić information content (AvgIpc) is 2.41. The third kappa shape index (κ3) is 5.78. The van der Waals surface area contributed by atoms with E-state index in [4.69, 9.17) is 9.84 Å². The van der Waals surface area contributed by atoms with Gasteiger partial charge in [-0.05, 0) is 24.1 Å². The number of rotatable bonds is 7. The minimum Gasteiger partial charge on any atom is -0.478 e. The van der Waals surface area contributed by atoms with Crippen LogP contribution in [0.5, 0.6) is 0 Å². The SMILES string of the molecule is COCCCNC(=O)c1ccc(C=CC(=O)O)cn1. The fourth-order valence-electron chi connectivity index (χ4n) is 1.31. The van der Waals surface area contributed by atoms with Crippen LogP contribution in [-0.4, -0.2) is 42.2 Å². The summed E-state index contributed by atoms with van der Waals surface area (Å²) in [4.78, 5) is 26.0. The summed E-state index contributed by atoms with van der Waals surface area (Å²) in [5.74, 6) is -1.29. The van der Waals surface area contributed by atoms with Crippen LogP contribution in [0.1, 0.15) is 22.5 Å². The second-order valence-corrected chi connectivity index (χ2v) is 3.75. The molecule has 0 aliphatic rings. The number of carboxylic acid groups (broad SMARTS) is 1. The summed E-state index contributed by atoms with van der Waals surface area (Å²) in [6.07, 6.45) is 4.61. The van der Waals surface area contributed by atoms with Crippen LogP contribution in [0.25, 0.3) is 6.08 Å². The summed E-state index contributed by atoms with van der Waals surface area (Å²) >= 11 is 0. The van der Waals surface area contributed by atoms with Gasteiger partial charge in [-0.1, -0.05) is 6.07 Å². The maximum atomic E-state index is 11.7. The number of nitrogens with zero attached hydrogens (tertiary/aromatic N) is 1. The number of amides is 1. The van der Waals surface area contributed by atoms with Gasteiger partial charge in [-0.3, -0.25) is 9.78 Å². The first-order chi connectivity index (χ1) is 9.13. The molecular formula is C13H16N2O4. The molecule has 1 heterocycles. The first kappa shape index (κ1) is 14.8. The quantitative estimate of drug-likeness (QED) is 0.565. The van der Waals surface area contributed by atoms with E-state index in [1.165, 1.54) is 12.3 Å². The maximum Gasteiger partial charge on any atom is 0.328 e. The number of carbonyl (C=O) groups excluding carboxylic acids is 1. The number of hydrogen-bond donors (Lipinski definition) is 2. The van der Waals surface area contributed by atoms with E-state index in [-0.39, 0.29) is 5.91 Å². The zero-order valence-electron chi connectivity index (χ0n) is 10.6. The highest BCUT2D eigenvalue weighted by molar-refractivity contribution is 5.92. The molecule has 1 aromatic heterocycles. The minimum atomic E-state index is -1.03. The summed E-state index contributed by atoms with van der Waals surface area (Å²) in [5.41, 5.74) is 0.920. The molecule has 0 saturated carbocycles. The lowest BCUT2D eigenvalue weighted by Crippen LogP contribution is -2.26. The summed E-state index contributed by atoms with van der Waals surface area (Å²) in [6.45, 7) is 1.11. The Labute approximate surface area is 111 Å². The Kier molecular flexibility index (Phi) is 6.25. The van der Waals surface area contributed by atoms with Gasteiger partial charge in [0.15, 0.2) is 0 Å². The molecule has 0 atom stereocenters. The van der Waals surface area contributed by atoms with Crippen molar-refractivity contribution < 1.29 is 19.4 Å². The van der Waals surface area contributed by atoms with Gasteiger partial charge in [0.05, 0.1) is 0 Å². The summed E-state index contributed by atoms with van der Waals surface area (Å²) < 4.78 is 4.87. The Bertz CT molecular complexity index is 454. The fraction of sp³-hybridized carbons (Fsp3) is 0.308. The van der Waals surface area contributed by atoms with Crippen molar-refractivity contribution in [1.82, 2.24) is 10.3 Å². The summed E-state index contributed by atoms with van der Waals surface area (Å²) in [6, 6.07) is 3.18. The van der Waals surface area contributed by atoms with E-state index in [9.17, 15) is 9.59 Å². The first-order valence-electron chi connectivity index (χ1n) is 5.77. The molecule has 102 valence electrons. The predicted octanol–water partition coefficient (Wildman–Crippen LogP) is 0.946. The zero-order chi connectivity index (χ0) is 14.1. The Morgan fingerprint density at radius 2 is 2.26 bits per heavy atom. The number of methoxy groups -OCH3 is 1. The van der Waals surface area contributed by atoms with Crippen LogP contribution < -0.4 is 5.32 Å².